The topological polar surface area (TPSA) is 43.8 Å². The molecule has 1 aromatic carbocycles. The van der Waals surface area contributed by atoms with Crippen molar-refractivity contribution in [1.29, 1.82) is 0 Å². The van der Waals surface area contributed by atoms with Crippen LogP contribution in [0.15, 0.2) is 28.7 Å². The normalized spacial score (nSPS) is 20.9. The van der Waals surface area contributed by atoms with Crippen molar-refractivity contribution in [1.82, 2.24) is 4.90 Å². The number of nitrogens with zero attached hydrogens (tertiary/aromatic N) is 2. The Balaban J connectivity index is 2.25. The predicted molar refractivity (Wildman–Crippen MR) is 70.0 cm³/mol. The molecule has 0 aliphatic carbocycles. The number of halogens is 1. The van der Waals surface area contributed by atoms with Gasteiger partial charge in [-0.25, -0.2) is 0 Å². The molecule has 1 fully saturated rings. The summed E-state index contributed by atoms with van der Waals surface area (Å²) in [6.45, 7) is 1.28. The second-order valence-corrected chi connectivity index (χ2v) is 5.04. The minimum absolute atomic E-state index is 0.0262. The van der Waals surface area contributed by atoms with Crippen LogP contribution in [0.1, 0.15) is 0 Å². The molecule has 1 saturated heterocycles. The molecule has 1 amide bonds. The molecule has 0 aromatic heterocycles. The van der Waals surface area contributed by atoms with Crippen molar-refractivity contribution >= 4 is 27.5 Å². The summed E-state index contributed by atoms with van der Waals surface area (Å²) in [5, 5.41) is 9.37. The first-order valence-electron chi connectivity index (χ1n) is 5.51. The SMILES string of the molecule is CN1CCN(c2ccc(Br)cc2)C(CO)C1=O. The van der Waals surface area contributed by atoms with Gasteiger partial charge >= 0.3 is 0 Å². The maximum absolute atomic E-state index is 11.9. The lowest BCUT2D eigenvalue weighted by atomic mass is 10.1. The lowest BCUT2D eigenvalue weighted by Gasteiger charge is -2.39. The standard InChI is InChI=1S/C12H15BrN2O2/c1-14-6-7-15(11(8-16)12(14)17)10-4-2-9(13)3-5-10/h2-5,11,16H,6-8H2,1H3. The Kier molecular flexibility index (Phi) is 3.69. The quantitative estimate of drug-likeness (QED) is 0.889. The van der Waals surface area contributed by atoms with Crippen LogP contribution < -0.4 is 4.90 Å². The van der Waals surface area contributed by atoms with E-state index in [1.54, 1.807) is 11.9 Å². The van der Waals surface area contributed by atoms with Gasteiger partial charge in [-0.2, -0.15) is 0 Å². The number of carbonyl (C=O) groups is 1. The smallest absolute Gasteiger partial charge is 0.247 e. The van der Waals surface area contributed by atoms with E-state index in [0.29, 0.717) is 6.54 Å². The average Bonchev–Trinajstić information content (AvgIpc) is 2.34. The van der Waals surface area contributed by atoms with E-state index in [4.69, 9.17) is 0 Å². The fourth-order valence-electron chi connectivity index (χ4n) is 2.03. The third-order valence-corrected chi connectivity index (χ3v) is 3.57. The highest BCUT2D eigenvalue weighted by molar-refractivity contribution is 9.10. The molecule has 1 heterocycles. The Labute approximate surface area is 109 Å². The van der Waals surface area contributed by atoms with E-state index in [1.807, 2.05) is 29.2 Å². The molecule has 1 aliphatic rings. The van der Waals surface area contributed by atoms with Crippen LogP contribution in [0.4, 0.5) is 5.69 Å². The Morgan fingerprint density at radius 2 is 2.00 bits per heavy atom. The van der Waals surface area contributed by atoms with Crippen LogP contribution >= 0.6 is 15.9 Å². The Morgan fingerprint density at radius 1 is 1.35 bits per heavy atom. The van der Waals surface area contributed by atoms with Crippen molar-refractivity contribution < 1.29 is 9.90 Å². The number of carbonyl (C=O) groups excluding carboxylic acids is 1. The summed E-state index contributed by atoms with van der Waals surface area (Å²) >= 11 is 3.38. The molecule has 4 nitrogen and oxygen atoms in total. The second kappa shape index (κ2) is 5.06. The number of benzene rings is 1. The molecule has 0 bridgehead atoms. The van der Waals surface area contributed by atoms with E-state index in [1.165, 1.54) is 0 Å². The number of aliphatic hydroxyl groups excluding tert-OH is 1. The molecule has 2 rings (SSSR count). The van der Waals surface area contributed by atoms with Gasteiger partial charge in [0.2, 0.25) is 5.91 Å². The van der Waals surface area contributed by atoms with Crippen LogP contribution in [0.25, 0.3) is 0 Å². The first-order chi connectivity index (χ1) is 8.13. The van der Waals surface area contributed by atoms with E-state index in [9.17, 15) is 9.90 Å². The third-order valence-electron chi connectivity index (χ3n) is 3.05. The van der Waals surface area contributed by atoms with Gasteiger partial charge in [-0.1, -0.05) is 15.9 Å². The van der Waals surface area contributed by atoms with Crippen molar-refractivity contribution in [2.45, 2.75) is 6.04 Å². The number of rotatable bonds is 2. The minimum Gasteiger partial charge on any atom is -0.394 e. The number of aliphatic hydroxyl groups is 1. The van der Waals surface area contributed by atoms with Crippen molar-refractivity contribution in [3.63, 3.8) is 0 Å². The number of piperazine rings is 1. The van der Waals surface area contributed by atoms with Crippen LogP contribution in [-0.4, -0.2) is 48.7 Å². The van der Waals surface area contributed by atoms with Gasteiger partial charge in [-0.15, -0.1) is 0 Å². The van der Waals surface area contributed by atoms with Gasteiger partial charge in [0.1, 0.15) is 6.04 Å². The average molecular weight is 299 g/mol. The van der Waals surface area contributed by atoms with E-state index >= 15 is 0 Å². The summed E-state index contributed by atoms with van der Waals surface area (Å²) in [6.07, 6.45) is 0. The van der Waals surface area contributed by atoms with E-state index in [2.05, 4.69) is 15.9 Å². The van der Waals surface area contributed by atoms with Crippen molar-refractivity contribution in [2.24, 2.45) is 0 Å². The Hall–Kier alpha value is -1.07. The molecule has 0 radical (unpaired) electrons. The highest BCUT2D eigenvalue weighted by Crippen LogP contribution is 2.22. The fourth-order valence-corrected chi connectivity index (χ4v) is 2.29. The minimum atomic E-state index is -0.463. The molecule has 17 heavy (non-hydrogen) atoms. The molecule has 1 atom stereocenters. The van der Waals surface area contributed by atoms with Gasteiger partial charge in [0.15, 0.2) is 0 Å². The fraction of sp³-hybridized carbons (Fsp3) is 0.417. The zero-order chi connectivity index (χ0) is 12.4. The van der Waals surface area contributed by atoms with Crippen molar-refractivity contribution in [3.8, 4) is 0 Å². The monoisotopic (exact) mass is 298 g/mol. The lowest BCUT2D eigenvalue weighted by molar-refractivity contribution is -0.133. The summed E-state index contributed by atoms with van der Waals surface area (Å²) in [6, 6.07) is 7.31. The molecule has 5 heteroatoms. The van der Waals surface area contributed by atoms with Crippen LogP contribution in [0, 0.1) is 0 Å². The highest BCUT2D eigenvalue weighted by Gasteiger charge is 2.32. The van der Waals surface area contributed by atoms with E-state index in [0.717, 1.165) is 16.7 Å². The molecule has 1 aromatic rings. The third kappa shape index (κ3) is 2.45. The number of amides is 1. The molecule has 1 N–H and O–H groups in total. The number of likely N-dealkylation sites (N-methyl/N-ethyl adjacent to an activating group) is 1. The Bertz CT molecular complexity index is 407. The largest absolute Gasteiger partial charge is 0.394 e. The van der Waals surface area contributed by atoms with Gasteiger partial charge < -0.3 is 14.9 Å². The van der Waals surface area contributed by atoms with Crippen LogP contribution in [0.5, 0.6) is 0 Å². The molecule has 0 saturated carbocycles. The van der Waals surface area contributed by atoms with Crippen LogP contribution in [0.3, 0.4) is 0 Å². The molecular weight excluding hydrogens is 284 g/mol. The second-order valence-electron chi connectivity index (χ2n) is 4.13. The summed E-state index contributed by atoms with van der Waals surface area (Å²) in [5.74, 6) is -0.0262. The molecule has 0 spiro atoms. The lowest BCUT2D eigenvalue weighted by Crippen LogP contribution is -2.57. The summed E-state index contributed by atoms with van der Waals surface area (Å²) in [5.41, 5.74) is 0.966. The summed E-state index contributed by atoms with van der Waals surface area (Å²) < 4.78 is 1.00. The van der Waals surface area contributed by atoms with E-state index < -0.39 is 6.04 Å². The van der Waals surface area contributed by atoms with Crippen LogP contribution in [0.2, 0.25) is 0 Å². The van der Waals surface area contributed by atoms with Gasteiger partial charge in [0, 0.05) is 30.3 Å². The first kappa shape index (κ1) is 12.4. The highest BCUT2D eigenvalue weighted by atomic mass is 79.9. The van der Waals surface area contributed by atoms with Gasteiger partial charge in [0.05, 0.1) is 6.61 Å². The molecule has 1 aliphatic heterocycles. The zero-order valence-corrected chi connectivity index (χ0v) is 11.2. The van der Waals surface area contributed by atoms with Crippen molar-refractivity contribution in [2.75, 3.05) is 31.6 Å². The van der Waals surface area contributed by atoms with Crippen LogP contribution in [-0.2, 0) is 4.79 Å². The summed E-state index contributed by atoms with van der Waals surface area (Å²) in [4.78, 5) is 15.5. The predicted octanol–water partition coefficient (Wildman–Crippen LogP) is 1.09. The van der Waals surface area contributed by atoms with Gasteiger partial charge in [-0.3, -0.25) is 4.79 Å². The zero-order valence-electron chi connectivity index (χ0n) is 9.64. The molecule has 1 unspecified atom stereocenters. The number of hydrogen-bond acceptors (Lipinski definition) is 3. The first-order valence-corrected chi connectivity index (χ1v) is 6.31. The summed E-state index contributed by atoms with van der Waals surface area (Å²) in [7, 11) is 1.77. The van der Waals surface area contributed by atoms with Gasteiger partial charge in [-0.05, 0) is 24.3 Å². The van der Waals surface area contributed by atoms with Gasteiger partial charge in [0.25, 0.3) is 0 Å². The van der Waals surface area contributed by atoms with E-state index in [-0.39, 0.29) is 12.5 Å². The Morgan fingerprint density at radius 3 is 2.59 bits per heavy atom. The molecule has 92 valence electrons. The van der Waals surface area contributed by atoms with Crippen molar-refractivity contribution in [3.05, 3.63) is 28.7 Å². The maximum Gasteiger partial charge on any atom is 0.247 e. The number of anilines is 1. The number of hydrogen-bond donors (Lipinski definition) is 1. The maximum atomic E-state index is 11.9. The molecular formula is C12H15BrN2O2.